The van der Waals surface area contributed by atoms with Gasteiger partial charge >= 0.3 is 5.97 Å². The summed E-state index contributed by atoms with van der Waals surface area (Å²) in [5.41, 5.74) is 2.15. The molecule has 1 aliphatic rings. The molecule has 1 aromatic carbocycles. The molecule has 0 aliphatic heterocycles. The summed E-state index contributed by atoms with van der Waals surface area (Å²) < 4.78 is 11.1. The number of carbonyl (C=O) groups is 1. The van der Waals surface area contributed by atoms with E-state index < -0.39 is 0 Å². The van der Waals surface area contributed by atoms with E-state index in [2.05, 4.69) is 31.2 Å². The van der Waals surface area contributed by atoms with Gasteiger partial charge in [-0.1, -0.05) is 23.7 Å². The Balaban J connectivity index is 1.70. The van der Waals surface area contributed by atoms with E-state index in [0.717, 1.165) is 29.3 Å². The molecule has 1 aromatic heterocycles. The third-order valence-corrected chi connectivity index (χ3v) is 6.05. The summed E-state index contributed by atoms with van der Waals surface area (Å²) >= 11 is 9.78. The van der Waals surface area contributed by atoms with Gasteiger partial charge in [-0.2, -0.15) is 0 Å². The Bertz CT molecular complexity index is 834. The molecule has 2 atom stereocenters. The maximum absolute atomic E-state index is 11.7. The molecule has 1 heterocycles. The molecule has 1 saturated carbocycles. The SMILES string of the molecule is COC(=O)[C@H]1CC[C@H](NCc2ncc(-c3cccc(Br)c3Cl)nc2OC)C1. The lowest BCUT2D eigenvalue weighted by Gasteiger charge is -2.14. The highest BCUT2D eigenvalue weighted by Gasteiger charge is 2.30. The first-order chi connectivity index (χ1) is 13.0. The minimum absolute atomic E-state index is 0.0264. The van der Waals surface area contributed by atoms with E-state index in [1.807, 2.05) is 18.2 Å². The molecule has 1 fully saturated rings. The van der Waals surface area contributed by atoms with Crippen molar-refractivity contribution in [2.24, 2.45) is 5.92 Å². The topological polar surface area (TPSA) is 73.3 Å². The number of methoxy groups -OCH3 is 2. The molecule has 0 bridgehead atoms. The van der Waals surface area contributed by atoms with Crippen LogP contribution in [0, 0.1) is 5.92 Å². The molecule has 0 radical (unpaired) electrons. The van der Waals surface area contributed by atoms with Crippen LogP contribution in [-0.2, 0) is 16.1 Å². The Morgan fingerprint density at radius 3 is 2.93 bits per heavy atom. The maximum Gasteiger partial charge on any atom is 0.308 e. The molecule has 2 aromatic rings. The number of rotatable bonds is 6. The number of benzene rings is 1. The monoisotopic (exact) mass is 453 g/mol. The summed E-state index contributed by atoms with van der Waals surface area (Å²) in [7, 11) is 3.01. The van der Waals surface area contributed by atoms with E-state index >= 15 is 0 Å². The zero-order valence-electron chi connectivity index (χ0n) is 15.2. The van der Waals surface area contributed by atoms with Gasteiger partial charge in [-0.05, 0) is 41.3 Å². The molecule has 0 unspecified atom stereocenters. The molecule has 6 nitrogen and oxygen atoms in total. The fourth-order valence-electron chi connectivity index (χ4n) is 3.30. The van der Waals surface area contributed by atoms with Gasteiger partial charge in [-0.15, -0.1) is 0 Å². The highest BCUT2D eigenvalue weighted by Crippen LogP contribution is 2.33. The number of hydrogen-bond acceptors (Lipinski definition) is 6. The second kappa shape index (κ2) is 8.99. The molecule has 0 spiro atoms. The predicted molar refractivity (Wildman–Crippen MR) is 107 cm³/mol. The van der Waals surface area contributed by atoms with Crippen molar-refractivity contribution < 1.29 is 14.3 Å². The summed E-state index contributed by atoms with van der Waals surface area (Å²) in [6.45, 7) is 0.515. The van der Waals surface area contributed by atoms with Crippen molar-refractivity contribution in [3.63, 3.8) is 0 Å². The third kappa shape index (κ3) is 4.59. The van der Waals surface area contributed by atoms with Crippen molar-refractivity contribution >= 4 is 33.5 Å². The van der Waals surface area contributed by atoms with Crippen LogP contribution in [0.3, 0.4) is 0 Å². The number of aromatic nitrogens is 2. The van der Waals surface area contributed by atoms with Gasteiger partial charge in [0.1, 0.15) is 5.69 Å². The number of ether oxygens (including phenoxy) is 2. The van der Waals surface area contributed by atoms with Gasteiger partial charge in [-0.25, -0.2) is 4.98 Å². The molecule has 1 N–H and O–H groups in total. The first-order valence-electron chi connectivity index (χ1n) is 8.69. The van der Waals surface area contributed by atoms with Gasteiger partial charge < -0.3 is 14.8 Å². The van der Waals surface area contributed by atoms with Gasteiger partial charge in [0.25, 0.3) is 0 Å². The minimum atomic E-state index is -0.132. The number of halogens is 2. The number of esters is 1. The summed E-state index contributed by atoms with van der Waals surface area (Å²) in [4.78, 5) is 20.7. The highest BCUT2D eigenvalue weighted by molar-refractivity contribution is 9.10. The summed E-state index contributed by atoms with van der Waals surface area (Å²) in [5, 5.41) is 4.02. The van der Waals surface area contributed by atoms with Crippen molar-refractivity contribution in [1.82, 2.24) is 15.3 Å². The van der Waals surface area contributed by atoms with Crippen LogP contribution in [-0.4, -0.2) is 36.2 Å². The van der Waals surface area contributed by atoms with Crippen molar-refractivity contribution in [2.45, 2.75) is 31.8 Å². The van der Waals surface area contributed by atoms with Crippen LogP contribution in [0.15, 0.2) is 28.9 Å². The molecule has 144 valence electrons. The normalized spacial score (nSPS) is 19.1. The first-order valence-corrected chi connectivity index (χ1v) is 9.86. The molecular formula is C19H21BrClN3O3. The lowest BCUT2D eigenvalue weighted by atomic mass is 10.1. The van der Waals surface area contributed by atoms with Crippen LogP contribution >= 0.6 is 27.5 Å². The second-order valence-electron chi connectivity index (χ2n) is 6.42. The molecule has 1 aliphatic carbocycles. The summed E-state index contributed by atoms with van der Waals surface area (Å²) in [5.74, 6) is 0.298. The summed E-state index contributed by atoms with van der Waals surface area (Å²) in [6, 6.07) is 5.91. The largest absolute Gasteiger partial charge is 0.480 e. The number of nitrogens with one attached hydrogen (secondary N) is 1. The van der Waals surface area contributed by atoms with Crippen LogP contribution in [0.1, 0.15) is 25.0 Å². The first kappa shape index (κ1) is 20.0. The molecule has 27 heavy (non-hydrogen) atoms. The van der Waals surface area contributed by atoms with Crippen LogP contribution in [0.25, 0.3) is 11.3 Å². The van der Waals surface area contributed by atoms with Gasteiger partial charge in [0.2, 0.25) is 5.88 Å². The van der Waals surface area contributed by atoms with E-state index in [1.165, 1.54) is 7.11 Å². The lowest BCUT2D eigenvalue weighted by molar-refractivity contribution is -0.145. The van der Waals surface area contributed by atoms with E-state index in [1.54, 1.807) is 13.3 Å². The average Bonchev–Trinajstić information content (AvgIpc) is 3.17. The highest BCUT2D eigenvalue weighted by atomic mass is 79.9. The molecule has 8 heteroatoms. The van der Waals surface area contributed by atoms with E-state index in [0.29, 0.717) is 28.8 Å². The van der Waals surface area contributed by atoms with Gasteiger partial charge in [0.15, 0.2) is 0 Å². The van der Waals surface area contributed by atoms with Crippen LogP contribution in [0.2, 0.25) is 5.02 Å². The van der Waals surface area contributed by atoms with Crippen molar-refractivity contribution in [3.05, 3.63) is 39.6 Å². The van der Waals surface area contributed by atoms with Gasteiger partial charge in [0, 0.05) is 22.6 Å². The van der Waals surface area contributed by atoms with E-state index in [4.69, 9.17) is 21.1 Å². The smallest absolute Gasteiger partial charge is 0.308 e. The fourth-order valence-corrected chi connectivity index (χ4v) is 3.89. The molecular weight excluding hydrogens is 434 g/mol. The third-order valence-electron chi connectivity index (χ3n) is 4.76. The van der Waals surface area contributed by atoms with E-state index in [9.17, 15) is 4.79 Å². The fraction of sp³-hybridized carbons (Fsp3) is 0.421. The van der Waals surface area contributed by atoms with Crippen molar-refractivity contribution in [1.29, 1.82) is 0 Å². The molecule has 0 amide bonds. The van der Waals surface area contributed by atoms with Crippen molar-refractivity contribution in [2.75, 3.05) is 14.2 Å². The Morgan fingerprint density at radius 2 is 2.19 bits per heavy atom. The Kier molecular flexibility index (Phi) is 6.68. The van der Waals surface area contributed by atoms with Crippen molar-refractivity contribution in [3.8, 4) is 17.1 Å². The van der Waals surface area contributed by atoms with Crippen LogP contribution in [0.5, 0.6) is 5.88 Å². The average molecular weight is 455 g/mol. The molecule has 0 saturated heterocycles. The standard InChI is InChI=1S/C19H21BrClN3O3/c1-26-18-16(10-22-12-7-6-11(8-12)19(25)27-2)23-9-15(24-18)13-4-3-5-14(20)17(13)21/h3-5,9,11-12,22H,6-8,10H2,1-2H3/t11-,12-/m0/s1. The van der Waals surface area contributed by atoms with Gasteiger partial charge in [-0.3, -0.25) is 9.78 Å². The Morgan fingerprint density at radius 1 is 1.37 bits per heavy atom. The number of hydrogen-bond donors (Lipinski definition) is 1. The Hall–Kier alpha value is -1.70. The zero-order valence-corrected chi connectivity index (χ0v) is 17.5. The van der Waals surface area contributed by atoms with Gasteiger partial charge in [0.05, 0.1) is 37.1 Å². The van der Waals surface area contributed by atoms with E-state index in [-0.39, 0.29) is 17.9 Å². The second-order valence-corrected chi connectivity index (χ2v) is 7.66. The predicted octanol–water partition coefficient (Wildman–Crippen LogP) is 4.00. The zero-order chi connectivity index (χ0) is 19.4. The quantitative estimate of drug-likeness (QED) is 0.665. The lowest BCUT2D eigenvalue weighted by Crippen LogP contribution is -2.27. The maximum atomic E-state index is 11.7. The van der Waals surface area contributed by atoms with Crippen LogP contribution in [0.4, 0.5) is 0 Å². The summed E-state index contributed by atoms with van der Waals surface area (Å²) in [6.07, 6.45) is 4.24. The number of carbonyl (C=O) groups excluding carboxylic acids is 1. The van der Waals surface area contributed by atoms with Crippen LogP contribution < -0.4 is 10.1 Å². The Labute approximate surface area is 171 Å². The molecule has 3 rings (SSSR count). The minimum Gasteiger partial charge on any atom is -0.480 e. The number of nitrogens with zero attached hydrogens (tertiary/aromatic N) is 2.